The molecular formula is C54H78Br18N4O17. The van der Waals surface area contributed by atoms with Crippen LogP contribution >= 0.6 is 287 Å². The summed E-state index contributed by atoms with van der Waals surface area (Å²) < 4.78 is 45.4. The Morgan fingerprint density at radius 1 is 0.333 bits per heavy atom. The van der Waals surface area contributed by atoms with Crippen LogP contribution in [0.4, 0.5) is 0 Å². The highest BCUT2D eigenvalue weighted by atomic mass is 80.0. The minimum absolute atomic E-state index is 0.0176. The molecule has 0 saturated carbocycles. The number of halogens is 18. The molecule has 0 aromatic heterocycles. The highest BCUT2D eigenvalue weighted by Gasteiger charge is 2.37. The summed E-state index contributed by atoms with van der Waals surface area (Å²) in [6.45, 7) is 11.0. The Balaban J connectivity index is 0.000000621. The Kier molecular flexibility index (Phi) is 56.9. The first-order valence-electron chi connectivity index (χ1n) is 29.2. The van der Waals surface area contributed by atoms with Gasteiger partial charge in [-0.15, -0.1) is 0 Å². The Morgan fingerprint density at radius 2 is 0.624 bits per heavy atom. The van der Waals surface area contributed by atoms with Gasteiger partial charge in [0, 0.05) is 76.6 Å². The van der Waals surface area contributed by atoms with E-state index < -0.39 is 70.8 Å². The summed E-state index contributed by atoms with van der Waals surface area (Å²) in [4.78, 5) is 103. The number of ether oxygens (including phenoxy) is 9. The lowest BCUT2D eigenvalue weighted by Gasteiger charge is -2.30. The van der Waals surface area contributed by atoms with Crippen molar-refractivity contribution in [2.75, 3.05) is 155 Å². The van der Waals surface area contributed by atoms with Crippen LogP contribution in [0.2, 0.25) is 0 Å². The van der Waals surface area contributed by atoms with Gasteiger partial charge in [0.25, 0.3) is 0 Å². The van der Waals surface area contributed by atoms with E-state index in [-0.39, 0.29) is 62.1 Å². The molecule has 4 fully saturated rings. The number of carbonyl (C=O) groups is 8. The standard InChI is InChI=1S/C16H25Br4NO4.C14H21Br4NO4.C12H15Br6NO4.C12H17Br4NO5/c17-6-12(7-18)15(22)24-11-14(10-21-4-2-1-3-5-21)25-16(23)13(8-19)9-20;15-6-11(17)13(20)22-9-10(23-14(21)12(18)7-16)8-19-4-2-1-3-5-19;13-11(14,15)9(20)22-7-8(23-10(21)12(16,17)18)6-19-4-2-1-3-5-19;13-5-9(14)11(18)21-7-8(22-12(19)10(15)16)6-17-1-3-20-4-2-17/h12-14H,1-11H2;10-12H,1-9H2;8H,1-7H2;8-10H,1-7H2. The molecule has 7 unspecified atom stereocenters. The molecule has 4 heterocycles. The van der Waals surface area contributed by atoms with Crippen molar-refractivity contribution in [1.82, 2.24) is 19.6 Å². The fourth-order valence-corrected chi connectivity index (χ4v) is 13.6. The second kappa shape index (κ2) is 55.6. The van der Waals surface area contributed by atoms with Gasteiger partial charge >= 0.3 is 47.8 Å². The van der Waals surface area contributed by atoms with E-state index in [4.69, 9.17) is 42.6 Å². The normalized spacial score (nSPS) is 18.4. The Morgan fingerprint density at radius 3 is 0.957 bits per heavy atom. The topological polar surface area (TPSA) is 233 Å². The van der Waals surface area contributed by atoms with Gasteiger partial charge in [0.15, 0.2) is 3.74 Å². The molecule has 4 aliphatic heterocycles. The molecule has 0 aromatic rings. The smallest absolute Gasteiger partial charge is 0.345 e. The predicted molar refractivity (Wildman–Crippen MR) is 424 cm³/mol. The fourth-order valence-electron chi connectivity index (χ4n) is 8.39. The van der Waals surface area contributed by atoms with Gasteiger partial charge < -0.3 is 42.6 Å². The van der Waals surface area contributed by atoms with Crippen molar-refractivity contribution in [3.05, 3.63) is 0 Å². The third kappa shape index (κ3) is 44.7. The van der Waals surface area contributed by atoms with Crippen LogP contribution < -0.4 is 0 Å². The van der Waals surface area contributed by atoms with Crippen LogP contribution in [-0.2, 0) is 81.0 Å². The third-order valence-corrected chi connectivity index (χ3v) is 25.7. The van der Waals surface area contributed by atoms with Crippen molar-refractivity contribution in [2.45, 2.75) is 105 Å². The number of piperidine rings is 3. The van der Waals surface area contributed by atoms with Crippen molar-refractivity contribution in [3.8, 4) is 0 Å². The number of hydrogen-bond acceptors (Lipinski definition) is 21. The highest BCUT2D eigenvalue weighted by molar-refractivity contribution is 9.40. The zero-order valence-corrected chi connectivity index (χ0v) is 78.9. The number of carbonyl (C=O) groups excluding carboxylic acids is 8. The average molecular weight is 2490 g/mol. The van der Waals surface area contributed by atoms with Gasteiger partial charge in [-0.25, -0.2) is 14.4 Å². The van der Waals surface area contributed by atoms with E-state index in [0.717, 1.165) is 90.9 Å². The van der Waals surface area contributed by atoms with Crippen LogP contribution in [0.3, 0.4) is 0 Å². The molecule has 4 saturated heterocycles. The molecule has 93 heavy (non-hydrogen) atoms. The molecular weight excluding hydrogens is 2410 g/mol. The molecule has 0 aliphatic carbocycles. The quantitative estimate of drug-likeness (QED) is 0.0337. The van der Waals surface area contributed by atoms with Crippen LogP contribution in [0.15, 0.2) is 0 Å². The molecule has 0 radical (unpaired) electrons. The van der Waals surface area contributed by atoms with Crippen LogP contribution in [0.25, 0.3) is 0 Å². The van der Waals surface area contributed by atoms with Gasteiger partial charge in [0.2, 0.25) is 4.29 Å². The summed E-state index contributed by atoms with van der Waals surface area (Å²) >= 11 is 57.4. The van der Waals surface area contributed by atoms with Gasteiger partial charge in [-0.1, -0.05) is 210 Å². The van der Waals surface area contributed by atoms with Crippen LogP contribution in [0, 0.1) is 11.8 Å². The van der Waals surface area contributed by atoms with E-state index in [2.05, 4.69) is 306 Å². The van der Waals surface area contributed by atoms with Gasteiger partial charge in [0.1, 0.15) is 65.3 Å². The summed E-state index contributed by atoms with van der Waals surface area (Å²) in [5.74, 6) is -3.72. The van der Waals surface area contributed by atoms with E-state index in [1.165, 1.54) is 19.3 Å². The molecule has 7 atom stereocenters. The number of likely N-dealkylation sites (tertiary alicyclic amines) is 3. The van der Waals surface area contributed by atoms with Crippen LogP contribution in [0.5, 0.6) is 0 Å². The monoisotopic (exact) mass is 2480 g/mol. The lowest BCUT2D eigenvalue weighted by molar-refractivity contribution is -0.163. The average Bonchev–Trinajstić information content (AvgIpc) is 3.44. The molecule has 0 bridgehead atoms. The summed E-state index contributed by atoms with van der Waals surface area (Å²) in [7, 11) is 0. The molecule has 4 rings (SSSR count). The third-order valence-electron chi connectivity index (χ3n) is 13.3. The number of rotatable bonds is 33. The molecule has 21 nitrogen and oxygen atoms in total. The molecule has 0 N–H and O–H groups in total. The van der Waals surface area contributed by atoms with E-state index in [1.54, 1.807) is 0 Å². The van der Waals surface area contributed by atoms with Crippen LogP contribution in [-0.4, -0.2) is 270 Å². The minimum atomic E-state index is -1.15. The Hall–Kier alpha value is 4.20. The molecule has 0 amide bonds. The maximum Gasteiger partial charge on any atom is 0.345 e. The lowest BCUT2D eigenvalue weighted by atomic mass is 10.1. The minimum Gasteiger partial charge on any atom is -0.461 e. The number of hydrogen-bond donors (Lipinski definition) is 0. The second-order valence-corrected chi connectivity index (χ2v) is 45.3. The van der Waals surface area contributed by atoms with Crippen molar-refractivity contribution in [2.24, 2.45) is 11.8 Å². The largest absolute Gasteiger partial charge is 0.461 e. The lowest BCUT2D eigenvalue weighted by Crippen LogP contribution is -2.44. The number of esters is 8. The van der Waals surface area contributed by atoms with Gasteiger partial charge in [-0.3, -0.25) is 43.6 Å². The zero-order valence-electron chi connectivity index (χ0n) is 50.3. The Labute approximate surface area is 697 Å². The van der Waals surface area contributed by atoms with Crippen molar-refractivity contribution >= 4 is 334 Å². The summed E-state index contributed by atoms with van der Waals surface area (Å²) in [5, 5.41) is 3.51. The van der Waals surface area contributed by atoms with Crippen LogP contribution in [0.1, 0.15) is 57.8 Å². The molecule has 0 spiro atoms. The van der Waals surface area contributed by atoms with Gasteiger partial charge in [0.05, 0.1) is 25.0 Å². The van der Waals surface area contributed by atoms with E-state index in [9.17, 15) is 38.4 Å². The molecule has 0 aromatic carbocycles. The van der Waals surface area contributed by atoms with Crippen molar-refractivity contribution in [3.63, 3.8) is 0 Å². The summed E-state index contributed by atoms with van der Waals surface area (Å²) in [6, 6.07) is 0. The number of morpholine rings is 1. The van der Waals surface area contributed by atoms with Crippen molar-refractivity contribution < 1.29 is 81.0 Å². The van der Waals surface area contributed by atoms with Gasteiger partial charge in [-0.05, 0) is 173 Å². The Bertz CT molecular complexity index is 2140. The first-order valence-corrected chi connectivity index (χ1v) is 46.4. The van der Waals surface area contributed by atoms with Crippen molar-refractivity contribution in [1.29, 1.82) is 0 Å². The van der Waals surface area contributed by atoms with E-state index >= 15 is 0 Å². The van der Waals surface area contributed by atoms with E-state index in [0.29, 0.717) is 76.7 Å². The number of alkyl halides is 18. The summed E-state index contributed by atoms with van der Waals surface area (Å²) in [6.07, 6.45) is 8.54. The second-order valence-electron chi connectivity index (χ2n) is 20.9. The summed E-state index contributed by atoms with van der Waals surface area (Å²) in [5.41, 5.74) is 0. The fraction of sp³-hybridized carbons (Fsp3) is 0.852. The first-order chi connectivity index (χ1) is 44.0. The molecule has 39 heteroatoms. The van der Waals surface area contributed by atoms with E-state index in [1.807, 2.05) is 0 Å². The SMILES string of the molecule is O=C(OC(COC(=O)C(Br)CBr)CN1CCOCC1)C(Br)Br.O=C(OCC(CN1CCCCC1)OC(=O)C(Br)(Br)Br)C(Br)(Br)Br.O=C(OCC(CN1CCCCC1)OC(=O)C(Br)CBr)C(Br)CBr.O=C(OCC(CN1CCCCC1)OC(=O)C(CBr)CBr)C(CBr)CBr. The zero-order chi connectivity index (χ0) is 70.1. The first kappa shape index (κ1) is 95.2. The predicted octanol–water partition coefficient (Wildman–Crippen LogP) is 13.6. The maximum absolute atomic E-state index is 12.3. The molecule has 4 aliphatic rings. The molecule has 542 valence electrons. The number of nitrogens with zero attached hydrogens (tertiary/aromatic N) is 4. The van der Waals surface area contributed by atoms with Gasteiger partial charge in [-0.2, -0.15) is 0 Å². The highest BCUT2D eigenvalue weighted by Crippen LogP contribution is 2.36. The maximum atomic E-state index is 12.3.